The third-order valence-electron chi connectivity index (χ3n) is 5.32. The first-order chi connectivity index (χ1) is 11.1. The third-order valence-corrected chi connectivity index (χ3v) is 5.62. The SMILES string of the molecule is C/C=C\C1=C(C)CCC2C1c1cc(N=O)c(Cl)cc1CCN2C. The molecule has 0 saturated heterocycles. The van der Waals surface area contributed by atoms with Gasteiger partial charge >= 0.3 is 0 Å². The smallest absolute Gasteiger partial charge is 0.126 e. The second-order valence-corrected chi connectivity index (χ2v) is 7.05. The van der Waals surface area contributed by atoms with Crippen LogP contribution in [-0.4, -0.2) is 24.5 Å². The zero-order chi connectivity index (χ0) is 16.6. The summed E-state index contributed by atoms with van der Waals surface area (Å²) in [7, 11) is 2.21. The fourth-order valence-electron chi connectivity index (χ4n) is 4.08. The van der Waals surface area contributed by atoms with Crippen LogP contribution in [0.5, 0.6) is 0 Å². The van der Waals surface area contributed by atoms with Crippen molar-refractivity contribution in [1.82, 2.24) is 4.90 Å². The van der Waals surface area contributed by atoms with Gasteiger partial charge in [-0.25, -0.2) is 0 Å². The Hall–Kier alpha value is -1.45. The van der Waals surface area contributed by atoms with Crippen LogP contribution < -0.4 is 0 Å². The topological polar surface area (TPSA) is 32.7 Å². The predicted molar refractivity (Wildman–Crippen MR) is 96.5 cm³/mol. The van der Waals surface area contributed by atoms with Crippen LogP contribution in [0.3, 0.4) is 0 Å². The lowest BCUT2D eigenvalue weighted by Crippen LogP contribution is -2.38. The molecule has 1 aliphatic heterocycles. The molecule has 1 aliphatic carbocycles. The molecule has 0 aromatic heterocycles. The van der Waals surface area contributed by atoms with Gasteiger partial charge in [-0.3, -0.25) is 0 Å². The van der Waals surface area contributed by atoms with Gasteiger partial charge in [-0.15, -0.1) is 4.91 Å². The molecule has 0 radical (unpaired) electrons. The molecule has 0 amide bonds. The number of benzene rings is 1. The van der Waals surface area contributed by atoms with Gasteiger partial charge in [-0.05, 0) is 74.2 Å². The van der Waals surface area contributed by atoms with Crippen LogP contribution in [0.4, 0.5) is 5.69 Å². The van der Waals surface area contributed by atoms with E-state index in [4.69, 9.17) is 11.6 Å². The lowest BCUT2D eigenvalue weighted by molar-refractivity contribution is 0.214. The van der Waals surface area contributed by atoms with Gasteiger partial charge in [0.15, 0.2) is 0 Å². The van der Waals surface area contributed by atoms with Crippen molar-refractivity contribution in [3.05, 3.63) is 56.5 Å². The quantitative estimate of drug-likeness (QED) is 0.683. The largest absolute Gasteiger partial charge is 0.302 e. The molecule has 2 aliphatic rings. The minimum Gasteiger partial charge on any atom is -0.302 e. The Bertz CT molecular complexity index is 693. The Morgan fingerprint density at radius 3 is 2.83 bits per heavy atom. The molecule has 3 nitrogen and oxygen atoms in total. The van der Waals surface area contributed by atoms with E-state index in [1.807, 2.05) is 12.1 Å². The van der Waals surface area contributed by atoms with E-state index in [1.54, 1.807) is 0 Å². The van der Waals surface area contributed by atoms with Crippen molar-refractivity contribution in [2.45, 2.75) is 45.1 Å². The highest BCUT2D eigenvalue weighted by molar-refractivity contribution is 6.33. The molecule has 0 spiro atoms. The molecule has 0 bridgehead atoms. The van der Waals surface area contributed by atoms with Crippen molar-refractivity contribution in [1.29, 1.82) is 0 Å². The molecule has 1 heterocycles. The molecule has 0 saturated carbocycles. The molecule has 1 aromatic carbocycles. The van der Waals surface area contributed by atoms with Crippen molar-refractivity contribution < 1.29 is 0 Å². The van der Waals surface area contributed by atoms with Crippen LogP contribution in [0.1, 0.15) is 43.7 Å². The van der Waals surface area contributed by atoms with Crippen molar-refractivity contribution in [3.63, 3.8) is 0 Å². The highest BCUT2D eigenvalue weighted by atomic mass is 35.5. The maximum absolute atomic E-state index is 11.1. The first kappa shape index (κ1) is 16.4. The maximum atomic E-state index is 11.1. The minimum absolute atomic E-state index is 0.292. The van der Waals surface area contributed by atoms with Gasteiger partial charge in [-0.1, -0.05) is 29.3 Å². The summed E-state index contributed by atoms with van der Waals surface area (Å²) in [5.41, 5.74) is 5.67. The molecule has 2 atom stereocenters. The van der Waals surface area contributed by atoms with Crippen LogP contribution >= 0.6 is 11.6 Å². The van der Waals surface area contributed by atoms with Gasteiger partial charge in [0.25, 0.3) is 0 Å². The Morgan fingerprint density at radius 2 is 2.13 bits per heavy atom. The number of hydrogen-bond acceptors (Lipinski definition) is 3. The van der Waals surface area contributed by atoms with E-state index in [2.05, 4.69) is 43.1 Å². The Labute approximate surface area is 143 Å². The highest BCUT2D eigenvalue weighted by Gasteiger charge is 2.36. The molecule has 2 unspecified atom stereocenters. The summed E-state index contributed by atoms with van der Waals surface area (Å²) in [5, 5.41) is 3.59. The monoisotopic (exact) mass is 330 g/mol. The molecule has 3 rings (SSSR count). The summed E-state index contributed by atoms with van der Waals surface area (Å²) in [4.78, 5) is 13.6. The second kappa shape index (κ2) is 6.58. The number of nitrogens with zero attached hydrogens (tertiary/aromatic N) is 2. The molecule has 122 valence electrons. The average Bonchev–Trinajstić information content (AvgIpc) is 2.67. The van der Waals surface area contributed by atoms with Crippen LogP contribution in [0.2, 0.25) is 5.02 Å². The molecular weight excluding hydrogens is 308 g/mol. The maximum Gasteiger partial charge on any atom is 0.126 e. The minimum atomic E-state index is 0.292. The second-order valence-electron chi connectivity index (χ2n) is 6.64. The summed E-state index contributed by atoms with van der Waals surface area (Å²) in [6.07, 6.45) is 7.59. The van der Waals surface area contributed by atoms with Gasteiger partial charge in [0, 0.05) is 18.5 Å². The van der Waals surface area contributed by atoms with Gasteiger partial charge in [-0.2, -0.15) is 0 Å². The number of rotatable bonds is 2. The fourth-order valence-corrected chi connectivity index (χ4v) is 4.30. The van der Waals surface area contributed by atoms with E-state index in [-0.39, 0.29) is 0 Å². The van der Waals surface area contributed by atoms with Crippen molar-refractivity contribution in [2.75, 3.05) is 13.6 Å². The van der Waals surface area contributed by atoms with Crippen LogP contribution in [0.15, 0.2) is 40.6 Å². The zero-order valence-corrected chi connectivity index (χ0v) is 14.7. The fraction of sp³-hybridized carbons (Fsp3) is 0.474. The zero-order valence-electron chi connectivity index (χ0n) is 14.0. The standard InChI is InChI=1S/C19H23ClN2O/c1-4-5-14-12(2)6-7-18-19(14)15-11-17(21-23)16(20)10-13(15)8-9-22(18)3/h4-5,10-11,18-19H,6-9H2,1-3H3/b5-4-. The Balaban J connectivity index is 2.23. The Morgan fingerprint density at radius 1 is 1.35 bits per heavy atom. The number of halogens is 1. The first-order valence-electron chi connectivity index (χ1n) is 8.25. The molecule has 1 aromatic rings. The number of hydrogen-bond donors (Lipinski definition) is 0. The molecule has 4 heteroatoms. The summed E-state index contributed by atoms with van der Waals surface area (Å²) < 4.78 is 0. The van der Waals surface area contributed by atoms with E-state index in [1.165, 1.54) is 22.3 Å². The van der Waals surface area contributed by atoms with Gasteiger partial charge in [0.2, 0.25) is 0 Å². The highest BCUT2D eigenvalue weighted by Crippen LogP contribution is 2.45. The number of likely N-dealkylation sites (N-methyl/N-ethyl adjacent to an activating group) is 1. The van der Waals surface area contributed by atoms with E-state index in [9.17, 15) is 4.91 Å². The summed E-state index contributed by atoms with van der Waals surface area (Å²) in [6.45, 7) is 5.30. The number of allylic oxidation sites excluding steroid dienone is 3. The van der Waals surface area contributed by atoms with Gasteiger partial charge in [0.05, 0.1) is 5.02 Å². The van der Waals surface area contributed by atoms with Gasteiger partial charge < -0.3 is 4.90 Å². The molecule has 0 N–H and O–H groups in total. The van der Waals surface area contributed by atoms with E-state index < -0.39 is 0 Å². The predicted octanol–water partition coefficient (Wildman–Crippen LogP) is 5.36. The Kier molecular flexibility index (Phi) is 4.69. The summed E-state index contributed by atoms with van der Waals surface area (Å²) in [6, 6.07) is 4.33. The van der Waals surface area contributed by atoms with E-state index in [0.717, 1.165) is 25.8 Å². The average molecular weight is 331 g/mol. The third kappa shape index (κ3) is 2.88. The van der Waals surface area contributed by atoms with E-state index in [0.29, 0.717) is 22.7 Å². The first-order valence-corrected chi connectivity index (χ1v) is 8.62. The lowest BCUT2D eigenvalue weighted by atomic mass is 9.74. The molecule has 23 heavy (non-hydrogen) atoms. The lowest BCUT2D eigenvalue weighted by Gasteiger charge is -2.38. The van der Waals surface area contributed by atoms with Crippen LogP contribution in [0.25, 0.3) is 0 Å². The van der Waals surface area contributed by atoms with Gasteiger partial charge in [0.1, 0.15) is 5.69 Å². The summed E-state index contributed by atoms with van der Waals surface area (Å²) >= 11 is 6.22. The van der Waals surface area contributed by atoms with Crippen LogP contribution in [-0.2, 0) is 6.42 Å². The van der Waals surface area contributed by atoms with E-state index >= 15 is 0 Å². The van der Waals surface area contributed by atoms with Crippen molar-refractivity contribution in [2.24, 2.45) is 5.18 Å². The molecular formula is C19H23ClN2O. The summed E-state index contributed by atoms with van der Waals surface area (Å²) in [5.74, 6) is 0.292. The molecule has 0 fully saturated rings. The number of fused-ring (bicyclic) bond motifs is 3. The normalized spacial score (nSPS) is 25.2. The van der Waals surface area contributed by atoms with Crippen LogP contribution in [0, 0.1) is 4.91 Å². The van der Waals surface area contributed by atoms with Crippen molar-refractivity contribution >= 4 is 17.3 Å². The number of nitroso groups, excluding NO2 is 1. The van der Waals surface area contributed by atoms with Crippen molar-refractivity contribution in [3.8, 4) is 0 Å².